The molecule has 1 heterocycles. The number of nitrogens with one attached hydrogen (secondary N) is 1. The second-order valence-electron chi connectivity index (χ2n) is 1.92. The molecule has 2 N–H and O–H groups in total. The molecule has 64 valence electrons. The molecule has 6 heteroatoms. The van der Waals surface area contributed by atoms with Crippen LogP contribution in [-0.2, 0) is 0 Å². The molecule has 0 atom stereocenters. The van der Waals surface area contributed by atoms with Gasteiger partial charge >= 0.3 is 5.97 Å². The summed E-state index contributed by atoms with van der Waals surface area (Å²) >= 11 is 0. The number of hydrogen-bond donors (Lipinski definition) is 2. The Hall–Kier alpha value is -1.85. The Morgan fingerprint density at radius 1 is 1.75 bits per heavy atom. The smallest absolute Gasteiger partial charge is 0.346 e. The number of methoxy groups -OCH3 is 1. The van der Waals surface area contributed by atoms with Gasteiger partial charge in [-0.3, -0.25) is 4.79 Å². The third-order valence-electron chi connectivity index (χ3n) is 1.23. The Morgan fingerprint density at radius 3 is 2.83 bits per heavy atom. The van der Waals surface area contributed by atoms with Crippen LogP contribution in [0.1, 0.15) is 10.4 Å². The van der Waals surface area contributed by atoms with E-state index in [2.05, 4.69) is 14.7 Å². The van der Waals surface area contributed by atoms with Gasteiger partial charge in [0.05, 0.1) is 13.4 Å². The molecule has 0 bridgehead atoms. The Kier molecular flexibility index (Phi) is 2.09. The number of ether oxygens (including phenoxy) is 1. The molecule has 0 saturated carbocycles. The molecule has 0 fully saturated rings. The zero-order chi connectivity index (χ0) is 9.14. The van der Waals surface area contributed by atoms with E-state index in [0.717, 1.165) is 6.33 Å². The van der Waals surface area contributed by atoms with Crippen LogP contribution in [0.2, 0.25) is 0 Å². The van der Waals surface area contributed by atoms with Crippen LogP contribution in [0.5, 0.6) is 5.88 Å². The average molecular weight is 170 g/mol. The monoisotopic (exact) mass is 170 g/mol. The van der Waals surface area contributed by atoms with E-state index in [1.54, 1.807) is 0 Å². The minimum Gasteiger partial charge on any atom is -0.480 e. The first-order valence-electron chi connectivity index (χ1n) is 3.01. The number of aromatic carboxylic acids is 1. The zero-order valence-corrected chi connectivity index (χ0v) is 6.20. The van der Waals surface area contributed by atoms with Crippen molar-refractivity contribution < 1.29 is 14.6 Å². The summed E-state index contributed by atoms with van der Waals surface area (Å²) in [5, 5.41) is 8.54. The largest absolute Gasteiger partial charge is 0.480 e. The van der Waals surface area contributed by atoms with Crippen molar-refractivity contribution in [3.05, 3.63) is 22.2 Å². The van der Waals surface area contributed by atoms with Crippen molar-refractivity contribution in [2.24, 2.45) is 0 Å². The molecule has 1 rings (SSSR count). The standard InChI is InChI=1S/C6H6N2O4/c1-12-5-3(6(10)11)4(9)7-2-8-5/h2H,1H3,(H,10,11)(H,7,8,9). The Morgan fingerprint density at radius 2 is 2.42 bits per heavy atom. The number of carboxylic acids is 1. The van der Waals surface area contributed by atoms with E-state index >= 15 is 0 Å². The number of carboxylic acid groups (broad SMARTS) is 1. The first-order chi connectivity index (χ1) is 5.66. The van der Waals surface area contributed by atoms with Crippen LogP contribution in [0.15, 0.2) is 11.1 Å². The predicted octanol–water partition coefficient (Wildman–Crippen LogP) is -0.523. The maximum absolute atomic E-state index is 10.9. The van der Waals surface area contributed by atoms with Crippen molar-refractivity contribution in [1.82, 2.24) is 9.97 Å². The van der Waals surface area contributed by atoms with Crippen molar-refractivity contribution in [3.63, 3.8) is 0 Å². The first kappa shape index (κ1) is 8.25. The van der Waals surface area contributed by atoms with Gasteiger partial charge in [0.2, 0.25) is 5.88 Å². The fourth-order valence-electron chi connectivity index (χ4n) is 0.727. The summed E-state index contributed by atoms with van der Waals surface area (Å²) in [4.78, 5) is 27.0. The molecular weight excluding hydrogens is 164 g/mol. The quantitative estimate of drug-likeness (QED) is 0.622. The van der Waals surface area contributed by atoms with E-state index in [1.807, 2.05) is 0 Å². The van der Waals surface area contributed by atoms with Gasteiger partial charge in [0.15, 0.2) is 5.56 Å². The molecule has 0 spiro atoms. The third kappa shape index (κ3) is 1.26. The molecule has 12 heavy (non-hydrogen) atoms. The molecule has 0 aromatic carbocycles. The molecule has 0 amide bonds. The molecule has 0 saturated heterocycles. The van der Waals surface area contributed by atoms with Gasteiger partial charge in [0.25, 0.3) is 5.56 Å². The number of aromatic amines is 1. The van der Waals surface area contributed by atoms with Crippen LogP contribution in [0.3, 0.4) is 0 Å². The third-order valence-corrected chi connectivity index (χ3v) is 1.23. The normalized spacial score (nSPS) is 9.42. The SMILES string of the molecule is COc1nc[nH]c(=O)c1C(=O)O. The van der Waals surface area contributed by atoms with Gasteiger partial charge in [-0.2, -0.15) is 0 Å². The topological polar surface area (TPSA) is 92.3 Å². The van der Waals surface area contributed by atoms with Crippen LogP contribution >= 0.6 is 0 Å². The number of rotatable bonds is 2. The van der Waals surface area contributed by atoms with Gasteiger partial charge < -0.3 is 14.8 Å². The van der Waals surface area contributed by atoms with Crippen molar-refractivity contribution in [2.45, 2.75) is 0 Å². The van der Waals surface area contributed by atoms with Crippen LogP contribution < -0.4 is 10.3 Å². The lowest BCUT2D eigenvalue weighted by atomic mass is 10.3. The molecule has 0 unspecified atom stereocenters. The summed E-state index contributed by atoms with van der Waals surface area (Å²) in [6.07, 6.45) is 1.08. The van der Waals surface area contributed by atoms with Gasteiger partial charge in [-0.1, -0.05) is 0 Å². The van der Waals surface area contributed by atoms with Crippen molar-refractivity contribution in [3.8, 4) is 5.88 Å². The molecule has 0 aliphatic heterocycles. The van der Waals surface area contributed by atoms with Crippen molar-refractivity contribution in [1.29, 1.82) is 0 Å². The van der Waals surface area contributed by atoms with E-state index in [9.17, 15) is 9.59 Å². The highest BCUT2D eigenvalue weighted by Crippen LogP contribution is 2.06. The molecule has 0 aliphatic rings. The summed E-state index contributed by atoms with van der Waals surface area (Å²) in [5.74, 6) is -1.55. The summed E-state index contributed by atoms with van der Waals surface area (Å²) in [6.45, 7) is 0. The second kappa shape index (κ2) is 3.04. The summed E-state index contributed by atoms with van der Waals surface area (Å²) in [5.41, 5.74) is -1.21. The highest BCUT2D eigenvalue weighted by atomic mass is 16.5. The molecule has 6 nitrogen and oxygen atoms in total. The van der Waals surface area contributed by atoms with E-state index in [1.165, 1.54) is 7.11 Å². The Labute approximate surface area is 66.8 Å². The van der Waals surface area contributed by atoms with Crippen molar-refractivity contribution >= 4 is 5.97 Å². The average Bonchev–Trinajstić information content (AvgIpc) is 2.03. The van der Waals surface area contributed by atoms with Gasteiger partial charge in [-0.25, -0.2) is 9.78 Å². The minimum atomic E-state index is -1.36. The first-order valence-corrected chi connectivity index (χ1v) is 3.01. The van der Waals surface area contributed by atoms with Gasteiger partial charge in [-0.15, -0.1) is 0 Å². The van der Waals surface area contributed by atoms with Gasteiger partial charge in [0, 0.05) is 0 Å². The maximum atomic E-state index is 10.9. The lowest BCUT2D eigenvalue weighted by Crippen LogP contribution is -2.19. The van der Waals surface area contributed by atoms with E-state index in [4.69, 9.17) is 5.11 Å². The van der Waals surface area contributed by atoms with Crippen LogP contribution in [0.25, 0.3) is 0 Å². The van der Waals surface area contributed by atoms with Gasteiger partial charge in [0.1, 0.15) is 0 Å². The van der Waals surface area contributed by atoms with Crippen molar-refractivity contribution in [2.75, 3.05) is 7.11 Å². The molecule has 1 aromatic rings. The lowest BCUT2D eigenvalue weighted by molar-refractivity contribution is 0.0690. The van der Waals surface area contributed by atoms with Crippen LogP contribution in [-0.4, -0.2) is 28.2 Å². The number of carbonyl (C=O) groups is 1. The Bertz CT molecular complexity index is 357. The van der Waals surface area contributed by atoms with Crippen LogP contribution in [0.4, 0.5) is 0 Å². The maximum Gasteiger partial charge on any atom is 0.346 e. The second-order valence-corrected chi connectivity index (χ2v) is 1.92. The molecule has 0 radical (unpaired) electrons. The number of hydrogen-bond acceptors (Lipinski definition) is 4. The van der Waals surface area contributed by atoms with Crippen LogP contribution in [0, 0.1) is 0 Å². The van der Waals surface area contributed by atoms with E-state index < -0.39 is 17.1 Å². The van der Waals surface area contributed by atoms with E-state index in [0.29, 0.717) is 0 Å². The molecular formula is C6H6N2O4. The van der Waals surface area contributed by atoms with Gasteiger partial charge in [-0.05, 0) is 0 Å². The number of nitrogens with zero attached hydrogens (tertiary/aromatic N) is 1. The summed E-state index contributed by atoms with van der Waals surface area (Å²) in [6, 6.07) is 0. The number of aromatic nitrogens is 2. The van der Waals surface area contributed by atoms with E-state index in [-0.39, 0.29) is 5.88 Å². The number of H-pyrrole nitrogens is 1. The minimum absolute atomic E-state index is 0.189. The highest BCUT2D eigenvalue weighted by Gasteiger charge is 2.16. The lowest BCUT2D eigenvalue weighted by Gasteiger charge is -1.99. The highest BCUT2D eigenvalue weighted by molar-refractivity contribution is 5.89. The Balaban J connectivity index is 3.40. The molecule has 0 aliphatic carbocycles. The fourth-order valence-corrected chi connectivity index (χ4v) is 0.727. The zero-order valence-electron chi connectivity index (χ0n) is 6.20. The predicted molar refractivity (Wildman–Crippen MR) is 38.4 cm³/mol. The fraction of sp³-hybridized carbons (Fsp3) is 0.167. The summed E-state index contributed by atoms with van der Waals surface area (Å²) < 4.78 is 4.58. The molecule has 1 aromatic heterocycles. The summed E-state index contributed by atoms with van der Waals surface area (Å²) in [7, 11) is 1.24.